The monoisotopic (exact) mass is 526 g/mol. The van der Waals surface area contributed by atoms with Crippen LogP contribution in [0.2, 0.25) is 0 Å². The van der Waals surface area contributed by atoms with Crippen LogP contribution >= 0.6 is 0 Å². The van der Waals surface area contributed by atoms with E-state index in [1.54, 1.807) is 30.3 Å². The van der Waals surface area contributed by atoms with Crippen LogP contribution < -0.4 is 5.73 Å². The first kappa shape index (κ1) is 25.1. The Labute approximate surface area is 225 Å². The van der Waals surface area contributed by atoms with Crippen LogP contribution in [0.25, 0.3) is 22.5 Å². The van der Waals surface area contributed by atoms with E-state index < -0.39 is 5.91 Å². The molecule has 4 aromatic rings. The van der Waals surface area contributed by atoms with E-state index in [0.29, 0.717) is 33.9 Å². The highest BCUT2D eigenvalue weighted by molar-refractivity contribution is 6.23. The summed E-state index contributed by atoms with van der Waals surface area (Å²) in [4.78, 5) is 32.8. The second-order valence-electron chi connectivity index (χ2n) is 8.10. The SMILES string of the molecule is CO/N=C1\c2ccccc2-c2nc(C#N)c(C#N)nc21.N#Cc1nc2c(nc1C(N)=O)-c1ccccc1/C2=N\O. The quantitative estimate of drug-likeness (QED) is 0.247. The van der Waals surface area contributed by atoms with Crippen LogP contribution in [0.4, 0.5) is 0 Å². The predicted molar refractivity (Wildman–Crippen MR) is 138 cm³/mol. The molecular weight excluding hydrogens is 512 g/mol. The van der Waals surface area contributed by atoms with Crippen LogP contribution in [0.1, 0.15) is 50.1 Å². The van der Waals surface area contributed by atoms with Crippen molar-refractivity contribution in [3.8, 4) is 40.7 Å². The lowest BCUT2D eigenvalue weighted by molar-refractivity contribution is 0.0995. The summed E-state index contributed by atoms with van der Waals surface area (Å²) in [5, 5.41) is 43.4. The molecule has 6 rings (SSSR count). The van der Waals surface area contributed by atoms with Gasteiger partial charge in [-0.25, -0.2) is 19.9 Å². The topological polar surface area (TPSA) is 220 Å². The first-order chi connectivity index (χ1) is 19.5. The van der Waals surface area contributed by atoms with Crippen LogP contribution in [0.5, 0.6) is 0 Å². The van der Waals surface area contributed by atoms with E-state index >= 15 is 0 Å². The van der Waals surface area contributed by atoms with Gasteiger partial charge in [0.05, 0.1) is 0 Å². The maximum atomic E-state index is 11.3. The predicted octanol–water partition coefficient (Wildman–Crippen LogP) is 2.25. The van der Waals surface area contributed by atoms with Gasteiger partial charge in [-0.15, -0.1) is 0 Å². The van der Waals surface area contributed by atoms with Crippen LogP contribution in [0.15, 0.2) is 58.8 Å². The number of carbonyl (C=O) groups is 1. The summed E-state index contributed by atoms with van der Waals surface area (Å²) < 4.78 is 0. The average Bonchev–Trinajstić information content (AvgIpc) is 3.47. The third kappa shape index (κ3) is 3.91. The van der Waals surface area contributed by atoms with Gasteiger partial charge < -0.3 is 15.8 Å². The number of nitriles is 3. The van der Waals surface area contributed by atoms with Gasteiger partial charge in [0.1, 0.15) is 59.5 Å². The smallest absolute Gasteiger partial charge is 0.270 e. The molecular formula is C27H14N10O3. The fourth-order valence-corrected chi connectivity index (χ4v) is 4.31. The third-order valence-electron chi connectivity index (χ3n) is 5.95. The van der Waals surface area contributed by atoms with E-state index in [4.69, 9.17) is 31.6 Å². The molecule has 13 nitrogen and oxygen atoms in total. The largest absolute Gasteiger partial charge is 0.410 e. The average molecular weight is 526 g/mol. The second-order valence-corrected chi connectivity index (χ2v) is 8.10. The fraction of sp³-hybridized carbons (Fsp3) is 0.0370. The molecule has 2 aliphatic carbocycles. The summed E-state index contributed by atoms with van der Waals surface area (Å²) in [5.74, 6) is -0.830. The number of hydrogen-bond acceptors (Lipinski definition) is 12. The van der Waals surface area contributed by atoms with Crippen LogP contribution in [0, 0.1) is 34.0 Å². The van der Waals surface area contributed by atoms with E-state index in [0.717, 1.165) is 11.1 Å². The molecule has 190 valence electrons. The molecule has 2 aromatic carbocycles. The number of hydrogen-bond donors (Lipinski definition) is 2. The molecule has 0 unspecified atom stereocenters. The Morgan fingerprint density at radius 2 is 1.20 bits per heavy atom. The molecule has 2 aromatic heterocycles. The van der Waals surface area contributed by atoms with Gasteiger partial charge in [-0.2, -0.15) is 15.8 Å². The second kappa shape index (κ2) is 10.1. The minimum absolute atomic E-state index is 0.0112. The summed E-state index contributed by atoms with van der Waals surface area (Å²) in [5.41, 5.74) is 10.2. The van der Waals surface area contributed by atoms with Crippen molar-refractivity contribution in [2.45, 2.75) is 0 Å². The Morgan fingerprint density at radius 1 is 0.750 bits per heavy atom. The van der Waals surface area contributed by atoms with Crippen molar-refractivity contribution in [2.24, 2.45) is 16.0 Å². The number of rotatable bonds is 2. The van der Waals surface area contributed by atoms with Crippen molar-refractivity contribution >= 4 is 17.3 Å². The number of benzene rings is 2. The molecule has 0 radical (unpaired) electrons. The lowest BCUT2D eigenvalue weighted by Crippen LogP contribution is -2.18. The van der Waals surface area contributed by atoms with E-state index in [1.165, 1.54) is 7.11 Å². The summed E-state index contributed by atoms with van der Waals surface area (Å²) >= 11 is 0. The molecule has 0 saturated heterocycles. The first-order valence-corrected chi connectivity index (χ1v) is 11.3. The first-order valence-electron chi connectivity index (χ1n) is 11.3. The van der Waals surface area contributed by atoms with Gasteiger partial charge in [0.15, 0.2) is 22.8 Å². The number of aromatic nitrogens is 4. The van der Waals surface area contributed by atoms with Crippen LogP contribution in [-0.4, -0.2) is 49.6 Å². The van der Waals surface area contributed by atoms with Gasteiger partial charge in [0, 0.05) is 22.3 Å². The number of amides is 1. The maximum absolute atomic E-state index is 11.3. The molecule has 13 heteroatoms. The Bertz CT molecular complexity index is 1930. The molecule has 0 aliphatic heterocycles. The Kier molecular flexibility index (Phi) is 6.34. The van der Waals surface area contributed by atoms with E-state index in [1.807, 2.05) is 36.4 Å². The van der Waals surface area contributed by atoms with Crippen LogP contribution in [-0.2, 0) is 4.84 Å². The minimum atomic E-state index is -0.830. The lowest BCUT2D eigenvalue weighted by atomic mass is 10.1. The number of nitrogens with two attached hydrogens (primary N) is 1. The number of primary amides is 1. The standard InChI is InChI=1S/C14H7N5O.C13H7N5O2/c1-20-19-13-9-5-3-2-4-8(9)12-14(13)18-11(7-16)10(6-15)17-12;14-5-8-11(13(15)19)17-9-6-3-1-2-4-7(6)10(18-20)12(9)16-8/h2-5H,1H3;1-4,20H,(H2,15,19)/b19-13+;18-10+. The zero-order valence-corrected chi connectivity index (χ0v) is 20.5. The van der Waals surface area contributed by atoms with Crippen LogP contribution in [0.3, 0.4) is 0 Å². The van der Waals surface area contributed by atoms with Crippen molar-refractivity contribution in [1.82, 2.24) is 19.9 Å². The van der Waals surface area contributed by atoms with Crippen molar-refractivity contribution in [3.05, 3.63) is 93.8 Å². The fourth-order valence-electron chi connectivity index (χ4n) is 4.31. The molecule has 0 atom stereocenters. The summed E-state index contributed by atoms with van der Waals surface area (Å²) in [6, 6.07) is 20.1. The highest BCUT2D eigenvalue weighted by Gasteiger charge is 2.31. The molecule has 0 saturated carbocycles. The van der Waals surface area contributed by atoms with Crippen molar-refractivity contribution < 1.29 is 14.8 Å². The van der Waals surface area contributed by atoms with Crippen molar-refractivity contribution in [1.29, 1.82) is 15.8 Å². The summed E-state index contributed by atoms with van der Waals surface area (Å²) in [6.45, 7) is 0. The van der Waals surface area contributed by atoms with E-state index in [2.05, 4.69) is 30.2 Å². The third-order valence-corrected chi connectivity index (χ3v) is 5.95. The number of nitrogens with zero attached hydrogens (tertiary/aromatic N) is 9. The van der Waals surface area contributed by atoms with Gasteiger partial charge >= 0.3 is 0 Å². The molecule has 0 fully saturated rings. The highest BCUT2D eigenvalue weighted by Crippen LogP contribution is 2.36. The van der Waals surface area contributed by atoms with Gasteiger partial charge in [-0.3, -0.25) is 4.79 Å². The molecule has 40 heavy (non-hydrogen) atoms. The Balaban J connectivity index is 0.000000161. The van der Waals surface area contributed by atoms with Crippen molar-refractivity contribution in [3.63, 3.8) is 0 Å². The summed E-state index contributed by atoms with van der Waals surface area (Å²) in [6.07, 6.45) is 0. The lowest BCUT2D eigenvalue weighted by Gasteiger charge is -2.02. The molecule has 1 amide bonds. The van der Waals surface area contributed by atoms with Gasteiger partial charge in [-0.1, -0.05) is 58.8 Å². The van der Waals surface area contributed by atoms with Gasteiger partial charge in [-0.05, 0) is 0 Å². The maximum Gasteiger partial charge on any atom is 0.270 e. The Morgan fingerprint density at radius 3 is 1.70 bits per heavy atom. The van der Waals surface area contributed by atoms with E-state index in [9.17, 15) is 4.79 Å². The van der Waals surface area contributed by atoms with Gasteiger partial charge in [0.2, 0.25) is 0 Å². The molecule has 2 heterocycles. The number of fused-ring (bicyclic) bond motifs is 6. The molecule has 0 spiro atoms. The van der Waals surface area contributed by atoms with Gasteiger partial charge in [0.25, 0.3) is 5.91 Å². The van der Waals surface area contributed by atoms with Crippen molar-refractivity contribution in [2.75, 3.05) is 7.11 Å². The number of oxime groups is 2. The van der Waals surface area contributed by atoms with E-state index in [-0.39, 0.29) is 34.2 Å². The zero-order chi connectivity index (χ0) is 28.4. The summed E-state index contributed by atoms with van der Waals surface area (Å²) in [7, 11) is 1.44. The minimum Gasteiger partial charge on any atom is -0.410 e. The number of carbonyl (C=O) groups excluding carboxylic acids is 1. The molecule has 0 bridgehead atoms. The molecule has 2 aliphatic rings. The zero-order valence-electron chi connectivity index (χ0n) is 20.5. The molecule has 3 N–H and O–H groups in total. The highest BCUT2D eigenvalue weighted by atomic mass is 16.6. The normalized spacial score (nSPS) is 13.4. The Hall–Kier alpha value is -6.52.